The van der Waals surface area contributed by atoms with E-state index in [2.05, 4.69) is 26.4 Å². The molecular formula is C12H7N4. The van der Waals surface area contributed by atoms with Gasteiger partial charge in [0.15, 0.2) is 0 Å². The summed E-state index contributed by atoms with van der Waals surface area (Å²) in [4.78, 5) is 8.36. The molecule has 4 heteroatoms. The highest BCUT2D eigenvalue weighted by molar-refractivity contribution is 5.82. The summed E-state index contributed by atoms with van der Waals surface area (Å²) in [5, 5.41) is 8.48. The third-order valence-corrected chi connectivity index (χ3v) is 2.30. The SMILES string of the molecule is [c]1nc2ccccc2cc1-c1cnncn1. The first-order chi connectivity index (χ1) is 7.93. The highest BCUT2D eigenvalue weighted by Gasteiger charge is 2.02. The highest BCUT2D eigenvalue weighted by Crippen LogP contribution is 2.18. The Morgan fingerprint density at radius 2 is 2.00 bits per heavy atom. The number of hydrogen-bond donors (Lipinski definition) is 0. The minimum absolute atomic E-state index is 0.730. The van der Waals surface area contributed by atoms with Gasteiger partial charge in [-0.2, -0.15) is 5.10 Å². The Morgan fingerprint density at radius 1 is 1.06 bits per heavy atom. The molecule has 0 amide bonds. The Kier molecular flexibility index (Phi) is 2.04. The van der Waals surface area contributed by atoms with Gasteiger partial charge in [0, 0.05) is 10.9 Å². The first-order valence-electron chi connectivity index (χ1n) is 4.84. The number of pyridine rings is 1. The van der Waals surface area contributed by atoms with Crippen LogP contribution in [0.4, 0.5) is 0 Å². The smallest absolute Gasteiger partial charge is 0.138 e. The zero-order valence-corrected chi connectivity index (χ0v) is 8.33. The van der Waals surface area contributed by atoms with Crippen molar-refractivity contribution in [3.05, 3.63) is 49.1 Å². The lowest BCUT2D eigenvalue weighted by Crippen LogP contribution is -1.89. The molecule has 0 saturated heterocycles. The Bertz CT molecular complexity index is 622. The number of rotatable bonds is 1. The van der Waals surface area contributed by atoms with Crippen LogP contribution in [0.2, 0.25) is 0 Å². The van der Waals surface area contributed by atoms with E-state index in [9.17, 15) is 0 Å². The minimum atomic E-state index is 0.730. The second-order valence-corrected chi connectivity index (χ2v) is 3.33. The van der Waals surface area contributed by atoms with Crippen molar-refractivity contribution < 1.29 is 0 Å². The fourth-order valence-electron chi connectivity index (χ4n) is 1.53. The zero-order valence-electron chi connectivity index (χ0n) is 8.33. The molecule has 75 valence electrons. The normalized spacial score (nSPS) is 10.5. The quantitative estimate of drug-likeness (QED) is 0.611. The van der Waals surface area contributed by atoms with Crippen molar-refractivity contribution in [2.45, 2.75) is 0 Å². The van der Waals surface area contributed by atoms with Crippen molar-refractivity contribution >= 4 is 10.9 Å². The molecule has 0 aliphatic carbocycles. The lowest BCUT2D eigenvalue weighted by atomic mass is 10.1. The summed E-state index contributed by atoms with van der Waals surface area (Å²) in [6, 6.07) is 9.88. The molecule has 3 aromatic rings. The lowest BCUT2D eigenvalue weighted by molar-refractivity contribution is 0.973. The van der Waals surface area contributed by atoms with Crippen LogP contribution in [-0.2, 0) is 0 Å². The van der Waals surface area contributed by atoms with Gasteiger partial charge in [0.25, 0.3) is 0 Å². The summed E-state index contributed by atoms with van der Waals surface area (Å²) in [6.45, 7) is 0. The molecule has 0 atom stereocenters. The molecular weight excluding hydrogens is 200 g/mol. The van der Waals surface area contributed by atoms with Gasteiger partial charge >= 0.3 is 0 Å². The van der Waals surface area contributed by atoms with Crippen molar-refractivity contribution in [2.75, 3.05) is 0 Å². The van der Waals surface area contributed by atoms with Crippen LogP contribution < -0.4 is 0 Å². The van der Waals surface area contributed by atoms with Gasteiger partial charge in [0.2, 0.25) is 0 Å². The number of benzene rings is 1. The van der Waals surface area contributed by atoms with Crippen LogP contribution in [-0.4, -0.2) is 20.2 Å². The number of aromatic nitrogens is 4. The molecule has 0 spiro atoms. The predicted molar refractivity (Wildman–Crippen MR) is 59.4 cm³/mol. The Balaban J connectivity index is 2.19. The van der Waals surface area contributed by atoms with Gasteiger partial charge < -0.3 is 0 Å². The van der Waals surface area contributed by atoms with Crippen molar-refractivity contribution in [3.63, 3.8) is 0 Å². The molecule has 2 heterocycles. The van der Waals surface area contributed by atoms with Crippen molar-refractivity contribution in [1.29, 1.82) is 0 Å². The van der Waals surface area contributed by atoms with Crippen LogP contribution in [0.5, 0.6) is 0 Å². The largest absolute Gasteiger partial charge is 0.245 e. The van der Waals surface area contributed by atoms with E-state index in [1.165, 1.54) is 6.33 Å². The maximum atomic E-state index is 4.24. The first-order valence-corrected chi connectivity index (χ1v) is 4.84. The molecule has 0 fully saturated rings. The molecule has 0 N–H and O–H groups in total. The maximum absolute atomic E-state index is 4.24. The topological polar surface area (TPSA) is 51.6 Å². The van der Waals surface area contributed by atoms with Crippen LogP contribution in [0.15, 0.2) is 42.9 Å². The van der Waals surface area contributed by atoms with Crippen LogP contribution >= 0.6 is 0 Å². The van der Waals surface area contributed by atoms with Crippen molar-refractivity contribution in [2.24, 2.45) is 0 Å². The van der Waals surface area contributed by atoms with E-state index < -0.39 is 0 Å². The molecule has 0 aliphatic rings. The van der Waals surface area contributed by atoms with Gasteiger partial charge in [0.1, 0.15) is 6.33 Å². The van der Waals surface area contributed by atoms with E-state index in [1.54, 1.807) is 6.20 Å². The van der Waals surface area contributed by atoms with Crippen LogP contribution in [0, 0.1) is 6.20 Å². The third-order valence-electron chi connectivity index (χ3n) is 2.30. The van der Waals surface area contributed by atoms with E-state index in [4.69, 9.17) is 0 Å². The third kappa shape index (κ3) is 1.50. The maximum Gasteiger partial charge on any atom is 0.138 e. The summed E-state index contributed by atoms with van der Waals surface area (Å²) in [6.07, 6.45) is 5.96. The summed E-state index contributed by atoms with van der Waals surface area (Å²) in [5.74, 6) is 0. The van der Waals surface area contributed by atoms with E-state index in [0.717, 1.165) is 22.2 Å². The zero-order chi connectivity index (χ0) is 10.8. The predicted octanol–water partition coefficient (Wildman–Crippen LogP) is 1.89. The van der Waals surface area contributed by atoms with Crippen molar-refractivity contribution in [3.8, 4) is 11.3 Å². The van der Waals surface area contributed by atoms with Gasteiger partial charge in [-0.1, -0.05) is 18.2 Å². The second kappa shape index (κ2) is 3.66. The average molecular weight is 207 g/mol. The van der Waals surface area contributed by atoms with Gasteiger partial charge in [-0.15, -0.1) is 5.10 Å². The molecule has 0 saturated carbocycles. The number of hydrogen-bond acceptors (Lipinski definition) is 4. The van der Waals surface area contributed by atoms with Crippen LogP contribution in [0.1, 0.15) is 0 Å². The average Bonchev–Trinajstić information content (AvgIpc) is 2.39. The van der Waals surface area contributed by atoms with E-state index in [1.807, 2.05) is 30.3 Å². The number of para-hydroxylation sites is 1. The molecule has 1 aromatic carbocycles. The summed E-state index contributed by atoms with van der Waals surface area (Å²) >= 11 is 0. The molecule has 1 radical (unpaired) electrons. The second-order valence-electron chi connectivity index (χ2n) is 3.33. The van der Waals surface area contributed by atoms with Crippen LogP contribution in [0.3, 0.4) is 0 Å². The summed E-state index contributed by atoms with van der Waals surface area (Å²) in [7, 11) is 0. The Hall–Kier alpha value is -2.36. The molecule has 4 nitrogen and oxygen atoms in total. The first kappa shape index (κ1) is 8.91. The summed E-state index contributed by atoms with van der Waals surface area (Å²) < 4.78 is 0. The minimum Gasteiger partial charge on any atom is -0.245 e. The number of nitrogens with zero attached hydrogens (tertiary/aromatic N) is 4. The van der Waals surface area contributed by atoms with Gasteiger partial charge in [-0.05, 0) is 12.1 Å². The molecule has 16 heavy (non-hydrogen) atoms. The molecule has 0 bridgehead atoms. The monoisotopic (exact) mass is 207 g/mol. The molecule has 0 unspecified atom stereocenters. The fraction of sp³-hybridized carbons (Fsp3) is 0. The van der Waals surface area contributed by atoms with E-state index in [-0.39, 0.29) is 0 Å². The van der Waals surface area contributed by atoms with Gasteiger partial charge in [-0.25, -0.2) is 9.97 Å². The van der Waals surface area contributed by atoms with Crippen LogP contribution in [0.25, 0.3) is 22.2 Å². The fourth-order valence-corrected chi connectivity index (χ4v) is 1.53. The number of fused-ring (bicyclic) bond motifs is 1. The molecule has 0 aliphatic heterocycles. The Morgan fingerprint density at radius 3 is 2.88 bits per heavy atom. The standard InChI is InChI=1S/C12H7N4/c1-2-4-11-9(3-1)5-10(6-13-11)12-7-15-16-8-14-12/h1-5,7-8H. The molecule has 3 rings (SSSR count). The lowest BCUT2D eigenvalue weighted by Gasteiger charge is -2.00. The van der Waals surface area contributed by atoms with E-state index in [0.29, 0.717) is 0 Å². The van der Waals surface area contributed by atoms with Gasteiger partial charge in [0.05, 0.1) is 23.6 Å². The summed E-state index contributed by atoms with van der Waals surface area (Å²) in [5.41, 5.74) is 2.48. The van der Waals surface area contributed by atoms with Crippen molar-refractivity contribution in [1.82, 2.24) is 20.2 Å². The Labute approximate surface area is 92.0 Å². The van der Waals surface area contributed by atoms with E-state index >= 15 is 0 Å². The highest BCUT2D eigenvalue weighted by atomic mass is 15.1. The van der Waals surface area contributed by atoms with Gasteiger partial charge in [-0.3, -0.25) is 0 Å². The molecule has 2 aromatic heterocycles.